The van der Waals surface area contributed by atoms with Crippen LogP contribution >= 0.6 is 0 Å². The minimum atomic E-state index is 0.306. The van der Waals surface area contributed by atoms with E-state index < -0.39 is 0 Å². The highest BCUT2D eigenvalue weighted by Gasteiger charge is 2.23. The van der Waals surface area contributed by atoms with Crippen LogP contribution in [0.2, 0.25) is 0 Å². The van der Waals surface area contributed by atoms with E-state index in [-0.39, 0.29) is 0 Å². The van der Waals surface area contributed by atoms with Gasteiger partial charge in [-0.1, -0.05) is 13.8 Å². The third kappa shape index (κ3) is 3.44. The lowest BCUT2D eigenvalue weighted by atomic mass is 9.91. The second-order valence-corrected chi connectivity index (χ2v) is 6.06. The third-order valence-electron chi connectivity index (χ3n) is 3.98. The third-order valence-corrected chi connectivity index (χ3v) is 3.98. The average molecular weight is 262 g/mol. The minimum absolute atomic E-state index is 0.306. The first kappa shape index (κ1) is 14.3. The lowest BCUT2D eigenvalue weighted by Gasteiger charge is -2.34. The fourth-order valence-electron chi connectivity index (χ4n) is 2.65. The number of anilines is 1. The molecule has 1 unspecified atom stereocenters. The quantitative estimate of drug-likeness (QED) is 0.909. The molecule has 1 aliphatic heterocycles. The van der Waals surface area contributed by atoms with Crippen molar-refractivity contribution in [1.29, 1.82) is 0 Å². The predicted octanol–water partition coefficient (Wildman–Crippen LogP) is 2.47. The number of piperidine rings is 1. The minimum Gasteiger partial charge on any atom is -0.356 e. The van der Waals surface area contributed by atoms with E-state index in [9.17, 15) is 0 Å². The number of hydrogen-bond donors (Lipinski definition) is 1. The summed E-state index contributed by atoms with van der Waals surface area (Å²) in [4.78, 5) is 11.6. The van der Waals surface area contributed by atoms with Gasteiger partial charge in [-0.05, 0) is 32.6 Å². The zero-order valence-corrected chi connectivity index (χ0v) is 12.6. The number of nitrogens with two attached hydrogens (primary N) is 1. The Labute approximate surface area is 116 Å². The molecule has 106 valence electrons. The molecule has 19 heavy (non-hydrogen) atoms. The van der Waals surface area contributed by atoms with E-state index in [1.54, 1.807) is 0 Å². The maximum Gasteiger partial charge on any atom is 0.133 e. The number of nitrogens with zero attached hydrogens (tertiary/aromatic N) is 3. The first-order chi connectivity index (χ1) is 8.97. The van der Waals surface area contributed by atoms with Crippen LogP contribution in [-0.2, 0) is 0 Å². The van der Waals surface area contributed by atoms with Crippen LogP contribution in [0.15, 0.2) is 6.07 Å². The second-order valence-electron chi connectivity index (χ2n) is 6.06. The summed E-state index contributed by atoms with van der Waals surface area (Å²) in [6, 6.07) is 2.40. The van der Waals surface area contributed by atoms with E-state index in [1.807, 2.05) is 6.92 Å². The highest BCUT2D eigenvalue weighted by Crippen LogP contribution is 2.24. The van der Waals surface area contributed by atoms with Crippen molar-refractivity contribution in [3.8, 4) is 0 Å². The summed E-state index contributed by atoms with van der Waals surface area (Å²) in [5.41, 5.74) is 7.05. The summed E-state index contributed by atoms with van der Waals surface area (Å²) in [6.07, 6.45) is 2.33. The highest BCUT2D eigenvalue weighted by molar-refractivity contribution is 5.40. The molecule has 0 radical (unpaired) electrons. The maximum absolute atomic E-state index is 6.00. The molecule has 2 rings (SSSR count). The van der Waals surface area contributed by atoms with Crippen LogP contribution in [0.3, 0.4) is 0 Å². The van der Waals surface area contributed by atoms with Crippen molar-refractivity contribution in [3.63, 3.8) is 0 Å². The molecular weight excluding hydrogens is 236 g/mol. The van der Waals surface area contributed by atoms with Gasteiger partial charge in [0.05, 0.1) is 0 Å². The number of aromatic nitrogens is 2. The first-order valence-electron chi connectivity index (χ1n) is 7.33. The molecule has 0 amide bonds. The summed E-state index contributed by atoms with van der Waals surface area (Å²) >= 11 is 0. The van der Waals surface area contributed by atoms with Gasteiger partial charge in [-0.2, -0.15) is 0 Å². The molecule has 4 nitrogen and oxygen atoms in total. The van der Waals surface area contributed by atoms with Gasteiger partial charge < -0.3 is 10.6 Å². The van der Waals surface area contributed by atoms with Crippen LogP contribution in [0.5, 0.6) is 0 Å². The van der Waals surface area contributed by atoms with Gasteiger partial charge in [0, 0.05) is 36.8 Å². The van der Waals surface area contributed by atoms with Gasteiger partial charge in [-0.25, -0.2) is 9.97 Å². The van der Waals surface area contributed by atoms with Crippen molar-refractivity contribution >= 4 is 5.82 Å². The van der Waals surface area contributed by atoms with Crippen molar-refractivity contribution in [1.82, 2.24) is 9.97 Å². The van der Waals surface area contributed by atoms with E-state index in [0.29, 0.717) is 17.9 Å². The zero-order valence-electron chi connectivity index (χ0n) is 12.6. The molecule has 1 aromatic heterocycles. The van der Waals surface area contributed by atoms with Gasteiger partial charge in [0.1, 0.15) is 11.6 Å². The Morgan fingerprint density at radius 2 is 1.84 bits per heavy atom. The van der Waals surface area contributed by atoms with Crippen LogP contribution in [-0.4, -0.2) is 29.1 Å². The van der Waals surface area contributed by atoms with E-state index in [0.717, 1.165) is 43.3 Å². The van der Waals surface area contributed by atoms with Crippen LogP contribution in [0.4, 0.5) is 5.82 Å². The highest BCUT2D eigenvalue weighted by atomic mass is 15.2. The summed E-state index contributed by atoms with van der Waals surface area (Å²) in [6.45, 7) is 10.6. The normalized spacial score (nSPS) is 18.9. The molecule has 0 bridgehead atoms. The number of aryl methyl sites for hydroxylation is 1. The smallest absolute Gasteiger partial charge is 0.133 e. The number of hydrogen-bond acceptors (Lipinski definition) is 4. The average Bonchev–Trinajstić information content (AvgIpc) is 2.38. The standard InChI is InChI=1S/C15H26N4/c1-10(2)15-17-11(3)9-14(18-15)19-7-5-13(6-8-19)12(4)16/h9-10,12-13H,5-8,16H2,1-4H3. The number of rotatable bonds is 3. The molecule has 1 aliphatic rings. The molecule has 0 spiro atoms. The molecule has 1 saturated heterocycles. The molecule has 2 N–H and O–H groups in total. The van der Waals surface area contributed by atoms with Crippen LogP contribution in [0.1, 0.15) is 51.0 Å². The van der Waals surface area contributed by atoms with Crippen molar-refractivity contribution in [2.45, 2.75) is 52.5 Å². The van der Waals surface area contributed by atoms with Gasteiger partial charge >= 0.3 is 0 Å². The Kier molecular flexibility index (Phi) is 4.40. The molecule has 1 fully saturated rings. The monoisotopic (exact) mass is 262 g/mol. The lowest BCUT2D eigenvalue weighted by molar-refractivity contribution is 0.353. The van der Waals surface area contributed by atoms with Crippen molar-refractivity contribution in [2.24, 2.45) is 11.7 Å². The molecule has 2 heterocycles. The lowest BCUT2D eigenvalue weighted by Crippen LogP contribution is -2.40. The zero-order chi connectivity index (χ0) is 14.0. The van der Waals surface area contributed by atoms with Gasteiger partial charge in [-0.15, -0.1) is 0 Å². The summed E-state index contributed by atoms with van der Waals surface area (Å²) in [7, 11) is 0. The van der Waals surface area contributed by atoms with Crippen molar-refractivity contribution < 1.29 is 0 Å². The summed E-state index contributed by atoms with van der Waals surface area (Å²) in [5, 5.41) is 0. The van der Waals surface area contributed by atoms with E-state index >= 15 is 0 Å². The Morgan fingerprint density at radius 3 is 2.37 bits per heavy atom. The molecule has 4 heteroatoms. The fraction of sp³-hybridized carbons (Fsp3) is 0.733. The van der Waals surface area contributed by atoms with E-state index in [1.165, 1.54) is 0 Å². The van der Waals surface area contributed by atoms with Gasteiger partial charge in [0.2, 0.25) is 0 Å². The van der Waals surface area contributed by atoms with E-state index in [2.05, 4.69) is 36.7 Å². The first-order valence-corrected chi connectivity index (χ1v) is 7.33. The Balaban J connectivity index is 2.11. The van der Waals surface area contributed by atoms with Gasteiger partial charge in [0.15, 0.2) is 0 Å². The van der Waals surface area contributed by atoms with Crippen LogP contribution in [0.25, 0.3) is 0 Å². The molecule has 0 saturated carbocycles. The largest absolute Gasteiger partial charge is 0.356 e. The fourth-order valence-corrected chi connectivity index (χ4v) is 2.65. The molecular formula is C15H26N4. The molecule has 0 aliphatic carbocycles. The van der Waals surface area contributed by atoms with Crippen molar-refractivity contribution in [3.05, 3.63) is 17.6 Å². The summed E-state index contributed by atoms with van der Waals surface area (Å²) < 4.78 is 0. The Hall–Kier alpha value is -1.16. The van der Waals surface area contributed by atoms with Crippen LogP contribution in [0, 0.1) is 12.8 Å². The SMILES string of the molecule is Cc1cc(N2CCC(C(C)N)CC2)nc(C(C)C)n1. The topological polar surface area (TPSA) is 55.0 Å². The summed E-state index contributed by atoms with van der Waals surface area (Å²) in [5.74, 6) is 3.06. The molecule has 1 atom stereocenters. The van der Waals surface area contributed by atoms with Gasteiger partial charge in [-0.3, -0.25) is 0 Å². The predicted molar refractivity (Wildman–Crippen MR) is 79.4 cm³/mol. The molecule has 1 aromatic rings. The Bertz CT molecular complexity index is 420. The van der Waals surface area contributed by atoms with E-state index in [4.69, 9.17) is 10.7 Å². The maximum atomic E-state index is 6.00. The van der Waals surface area contributed by atoms with Gasteiger partial charge in [0.25, 0.3) is 0 Å². The second kappa shape index (κ2) is 5.87. The Morgan fingerprint density at radius 1 is 1.21 bits per heavy atom. The molecule has 0 aromatic carbocycles. The van der Waals surface area contributed by atoms with Crippen molar-refractivity contribution in [2.75, 3.05) is 18.0 Å². The van der Waals surface area contributed by atoms with Crippen LogP contribution < -0.4 is 10.6 Å².